The van der Waals surface area contributed by atoms with Crippen LogP contribution < -0.4 is 0 Å². The summed E-state index contributed by atoms with van der Waals surface area (Å²) in [7, 11) is 0. The Morgan fingerprint density at radius 1 is 1.35 bits per heavy atom. The molecule has 17 heavy (non-hydrogen) atoms. The predicted octanol–water partition coefficient (Wildman–Crippen LogP) is -1.61. The lowest BCUT2D eigenvalue weighted by atomic mass is 10.00. The third-order valence-corrected chi connectivity index (χ3v) is 2.46. The number of esters is 1. The monoisotopic (exact) mass is 250 g/mol. The van der Waals surface area contributed by atoms with Crippen LogP contribution in [0.2, 0.25) is 0 Å². The van der Waals surface area contributed by atoms with Crippen molar-refractivity contribution < 1.29 is 34.3 Å². The maximum Gasteiger partial charge on any atom is 0.303 e. The molecule has 1 fully saturated rings. The van der Waals surface area contributed by atoms with Crippen molar-refractivity contribution in [2.24, 2.45) is 0 Å². The van der Waals surface area contributed by atoms with Crippen molar-refractivity contribution >= 4 is 5.97 Å². The molecule has 3 N–H and O–H groups in total. The quantitative estimate of drug-likeness (QED) is 0.516. The summed E-state index contributed by atoms with van der Waals surface area (Å²) in [6.45, 7) is 2.51. The molecule has 1 aliphatic heterocycles. The Bertz CT molecular complexity index is 257. The van der Waals surface area contributed by atoms with Crippen LogP contribution in [0.1, 0.15) is 13.8 Å². The van der Waals surface area contributed by atoms with Crippen LogP contribution >= 0.6 is 0 Å². The van der Waals surface area contributed by atoms with Crippen LogP contribution in [0.15, 0.2) is 0 Å². The van der Waals surface area contributed by atoms with Gasteiger partial charge in [0.25, 0.3) is 0 Å². The fraction of sp³-hybridized carbons (Fsp3) is 0.900. The highest BCUT2D eigenvalue weighted by molar-refractivity contribution is 5.66. The van der Waals surface area contributed by atoms with E-state index in [9.17, 15) is 15.0 Å². The lowest BCUT2D eigenvalue weighted by molar-refractivity contribution is -0.297. The summed E-state index contributed by atoms with van der Waals surface area (Å²) in [6, 6.07) is 0. The van der Waals surface area contributed by atoms with E-state index < -0.39 is 36.7 Å². The van der Waals surface area contributed by atoms with Crippen LogP contribution in [0.3, 0.4) is 0 Å². The summed E-state index contributed by atoms with van der Waals surface area (Å²) < 4.78 is 15.2. The second-order valence-electron chi connectivity index (χ2n) is 3.86. The maximum atomic E-state index is 10.9. The van der Waals surface area contributed by atoms with Crippen molar-refractivity contribution in [1.82, 2.24) is 0 Å². The molecular formula is C10H18O7. The molecule has 0 aromatic heterocycles. The highest BCUT2D eigenvalue weighted by Crippen LogP contribution is 2.24. The molecule has 5 atom stereocenters. The zero-order valence-corrected chi connectivity index (χ0v) is 9.78. The number of carbonyl (C=O) groups excluding carboxylic acids is 1. The van der Waals surface area contributed by atoms with Gasteiger partial charge in [0.2, 0.25) is 0 Å². The second-order valence-corrected chi connectivity index (χ2v) is 3.86. The zero-order chi connectivity index (χ0) is 13.0. The van der Waals surface area contributed by atoms with E-state index in [4.69, 9.17) is 19.3 Å². The topological polar surface area (TPSA) is 105 Å². The standard InChI is InChI=1S/C10H18O7/c1-5-7(13)8(14)9(17-6(2)12)10(16-5)15-4-3-11/h5,7-11,13-14H,3-4H2,1-2H3/t5-,7+,8+,9-,10-/m0/s1. The van der Waals surface area contributed by atoms with Gasteiger partial charge in [-0.2, -0.15) is 0 Å². The van der Waals surface area contributed by atoms with E-state index in [1.807, 2.05) is 0 Å². The van der Waals surface area contributed by atoms with E-state index in [1.54, 1.807) is 6.92 Å². The van der Waals surface area contributed by atoms with E-state index in [0.29, 0.717) is 0 Å². The summed E-state index contributed by atoms with van der Waals surface area (Å²) in [6.07, 6.45) is -5.20. The van der Waals surface area contributed by atoms with Crippen LogP contribution in [0, 0.1) is 0 Å². The van der Waals surface area contributed by atoms with E-state index in [-0.39, 0.29) is 13.2 Å². The molecule has 1 rings (SSSR count). The molecule has 0 aromatic carbocycles. The minimum absolute atomic E-state index is 0.0159. The van der Waals surface area contributed by atoms with E-state index in [0.717, 1.165) is 0 Å². The molecule has 0 unspecified atom stereocenters. The van der Waals surface area contributed by atoms with Crippen LogP contribution in [0.25, 0.3) is 0 Å². The van der Waals surface area contributed by atoms with Crippen molar-refractivity contribution in [2.45, 2.75) is 44.6 Å². The normalized spacial score (nSPS) is 37.8. The summed E-state index contributed by atoms with van der Waals surface area (Å²) in [5.41, 5.74) is 0. The smallest absolute Gasteiger partial charge is 0.303 e. The molecule has 0 amide bonds. The van der Waals surface area contributed by atoms with Gasteiger partial charge in [-0.3, -0.25) is 4.79 Å². The van der Waals surface area contributed by atoms with Gasteiger partial charge >= 0.3 is 5.97 Å². The number of hydrogen-bond donors (Lipinski definition) is 3. The first kappa shape index (κ1) is 14.3. The fourth-order valence-corrected chi connectivity index (χ4v) is 1.62. The Labute approximate surface area is 98.9 Å². The average Bonchev–Trinajstić information content (AvgIpc) is 2.27. The Balaban J connectivity index is 2.71. The van der Waals surface area contributed by atoms with Gasteiger partial charge in [-0.15, -0.1) is 0 Å². The van der Waals surface area contributed by atoms with Gasteiger partial charge in [0.15, 0.2) is 12.4 Å². The highest BCUT2D eigenvalue weighted by Gasteiger charge is 2.45. The van der Waals surface area contributed by atoms with Crippen molar-refractivity contribution in [3.63, 3.8) is 0 Å². The average molecular weight is 250 g/mol. The van der Waals surface area contributed by atoms with E-state index in [1.165, 1.54) is 6.92 Å². The van der Waals surface area contributed by atoms with Gasteiger partial charge in [-0.25, -0.2) is 0 Å². The third kappa shape index (κ3) is 3.62. The third-order valence-electron chi connectivity index (χ3n) is 2.46. The first-order valence-corrected chi connectivity index (χ1v) is 5.38. The molecule has 0 saturated carbocycles. The van der Waals surface area contributed by atoms with Crippen LogP contribution in [0.5, 0.6) is 0 Å². The highest BCUT2D eigenvalue weighted by atomic mass is 16.7. The van der Waals surface area contributed by atoms with E-state index in [2.05, 4.69) is 0 Å². The molecule has 0 aliphatic carbocycles. The van der Waals surface area contributed by atoms with Gasteiger partial charge in [-0.05, 0) is 6.92 Å². The summed E-state index contributed by atoms with van der Waals surface area (Å²) >= 11 is 0. The lowest BCUT2D eigenvalue weighted by Gasteiger charge is -2.40. The number of rotatable bonds is 4. The van der Waals surface area contributed by atoms with Crippen LogP contribution in [0.4, 0.5) is 0 Å². The van der Waals surface area contributed by atoms with Gasteiger partial charge in [0.05, 0.1) is 19.3 Å². The second kappa shape index (κ2) is 6.27. The molecule has 1 saturated heterocycles. The minimum Gasteiger partial charge on any atom is -0.454 e. The number of carbonyl (C=O) groups is 1. The molecule has 7 heteroatoms. The molecule has 1 heterocycles. The molecular weight excluding hydrogens is 232 g/mol. The molecule has 0 aromatic rings. The minimum atomic E-state index is -1.29. The van der Waals surface area contributed by atoms with Gasteiger partial charge in [0.1, 0.15) is 12.2 Å². The molecule has 100 valence electrons. The summed E-state index contributed by atoms with van der Waals surface area (Å²) in [4.78, 5) is 10.9. The Kier molecular flexibility index (Phi) is 5.29. The van der Waals surface area contributed by atoms with Crippen molar-refractivity contribution in [3.8, 4) is 0 Å². The first-order chi connectivity index (χ1) is 7.97. The Morgan fingerprint density at radius 2 is 2.00 bits per heavy atom. The van der Waals surface area contributed by atoms with E-state index >= 15 is 0 Å². The number of hydrogen-bond acceptors (Lipinski definition) is 7. The predicted molar refractivity (Wildman–Crippen MR) is 54.9 cm³/mol. The Morgan fingerprint density at radius 3 is 2.53 bits per heavy atom. The largest absolute Gasteiger partial charge is 0.454 e. The van der Waals surface area contributed by atoms with Gasteiger partial charge < -0.3 is 29.5 Å². The molecule has 0 spiro atoms. The molecule has 0 radical (unpaired) electrons. The maximum absolute atomic E-state index is 10.9. The fourth-order valence-electron chi connectivity index (χ4n) is 1.62. The zero-order valence-electron chi connectivity index (χ0n) is 9.78. The van der Waals surface area contributed by atoms with Gasteiger partial charge in [-0.1, -0.05) is 0 Å². The Hall–Kier alpha value is -0.730. The first-order valence-electron chi connectivity index (χ1n) is 5.38. The van der Waals surface area contributed by atoms with Crippen LogP contribution in [-0.2, 0) is 19.0 Å². The summed E-state index contributed by atoms with van der Waals surface area (Å²) in [5.74, 6) is -0.614. The number of ether oxygens (including phenoxy) is 3. The summed E-state index contributed by atoms with van der Waals surface area (Å²) in [5, 5.41) is 28.0. The molecule has 7 nitrogen and oxygen atoms in total. The van der Waals surface area contributed by atoms with Crippen molar-refractivity contribution in [1.29, 1.82) is 0 Å². The van der Waals surface area contributed by atoms with Gasteiger partial charge in [0, 0.05) is 6.92 Å². The number of aliphatic hydroxyl groups is 3. The van der Waals surface area contributed by atoms with Crippen molar-refractivity contribution in [3.05, 3.63) is 0 Å². The molecule has 0 bridgehead atoms. The SMILES string of the molecule is CC(=O)O[C@@H]1[C@@H](OCCO)O[C@@H](C)[C@@H](O)[C@H]1O. The van der Waals surface area contributed by atoms with Crippen LogP contribution in [-0.4, -0.2) is 65.2 Å². The molecule has 1 aliphatic rings. The van der Waals surface area contributed by atoms with Crippen molar-refractivity contribution in [2.75, 3.05) is 13.2 Å². The lowest BCUT2D eigenvalue weighted by Crippen LogP contribution is -2.58. The number of aliphatic hydroxyl groups excluding tert-OH is 3.